The summed E-state index contributed by atoms with van der Waals surface area (Å²) in [6, 6.07) is 16.5. The molecular weight excluding hydrogens is 420 g/mol. The molecule has 1 amide bonds. The van der Waals surface area contributed by atoms with E-state index in [1.54, 1.807) is 6.20 Å². The molecule has 1 N–H and O–H groups in total. The minimum atomic E-state index is -1.02. The Morgan fingerprint density at radius 3 is 2.55 bits per heavy atom. The standard InChI is InChI=1S/C22H17F2N5OS/c1-14-5-8-16(9-6-14)29-21(19-4-2-3-11-25-19)27-28-22(29)31-13-20(30)26-15-7-10-17(23)18(24)12-15/h2-12H,13H2,1H3,(H,26,30). The van der Waals surface area contributed by atoms with Gasteiger partial charge in [0.2, 0.25) is 5.91 Å². The van der Waals surface area contributed by atoms with E-state index < -0.39 is 11.6 Å². The second kappa shape index (κ2) is 9.05. The van der Waals surface area contributed by atoms with Crippen LogP contribution in [0.1, 0.15) is 5.56 Å². The van der Waals surface area contributed by atoms with Crippen LogP contribution in [-0.2, 0) is 4.79 Å². The Morgan fingerprint density at radius 2 is 1.84 bits per heavy atom. The van der Waals surface area contributed by atoms with Crippen molar-refractivity contribution in [1.82, 2.24) is 19.7 Å². The van der Waals surface area contributed by atoms with Crippen LogP contribution in [0.25, 0.3) is 17.2 Å². The minimum Gasteiger partial charge on any atom is -0.325 e. The van der Waals surface area contributed by atoms with E-state index in [-0.39, 0.29) is 17.3 Å². The van der Waals surface area contributed by atoms with E-state index in [1.165, 1.54) is 17.8 Å². The minimum absolute atomic E-state index is 0.00517. The van der Waals surface area contributed by atoms with Crippen LogP contribution in [0.5, 0.6) is 0 Å². The zero-order chi connectivity index (χ0) is 21.8. The molecule has 31 heavy (non-hydrogen) atoms. The van der Waals surface area contributed by atoms with Gasteiger partial charge in [0.05, 0.1) is 5.75 Å². The molecule has 0 aliphatic carbocycles. The first kappa shape index (κ1) is 20.7. The first-order chi connectivity index (χ1) is 15.0. The van der Waals surface area contributed by atoms with Gasteiger partial charge >= 0.3 is 0 Å². The number of aromatic nitrogens is 4. The summed E-state index contributed by atoms with van der Waals surface area (Å²) in [5.41, 5.74) is 2.77. The molecule has 0 aliphatic rings. The number of hydrogen-bond acceptors (Lipinski definition) is 5. The second-order valence-electron chi connectivity index (χ2n) is 6.66. The Labute approximate surface area is 181 Å². The Bertz CT molecular complexity index is 1210. The van der Waals surface area contributed by atoms with E-state index in [9.17, 15) is 13.6 Å². The third kappa shape index (κ3) is 4.77. The summed E-state index contributed by atoms with van der Waals surface area (Å²) < 4.78 is 28.2. The number of halogens is 2. The Hall–Kier alpha value is -3.59. The van der Waals surface area contributed by atoms with E-state index in [0.717, 1.165) is 23.4 Å². The van der Waals surface area contributed by atoms with Crippen LogP contribution in [0, 0.1) is 18.6 Å². The SMILES string of the molecule is Cc1ccc(-n2c(SCC(=O)Nc3ccc(F)c(F)c3)nnc2-c2ccccn2)cc1. The number of hydrogen-bond donors (Lipinski definition) is 1. The van der Waals surface area contributed by atoms with Gasteiger partial charge in [0, 0.05) is 23.6 Å². The number of carbonyl (C=O) groups excluding carboxylic acids is 1. The molecule has 156 valence electrons. The smallest absolute Gasteiger partial charge is 0.234 e. The van der Waals surface area contributed by atoms with Crippen LogP contribution in [-0.4, -0.2) is 31.4 Å². The highest BCUT2D eigenvalue weighted by atomic mass is 32.2. The molecule has 0 bridgehead atoms. The molecule has 2 aromatic heterocycles. The second-order valence-corrected chi connectivity index (χ2v) is 7.60. The number of rotatable bonds is 6. The van der Waals surface area contributed by atoms with Crippen LogP contribution < -0.4 is 5.32 Å². The number of anilines is 1. The number of aryl methyl sites for hydroxylation is 1. The lowest BCUT2D eigenvalue weighted by Crippen LogP contribution is -2.15. The molecule has 0 saturated carbocycles. The molecule has 0 spiro atoms. The topological polar surface area (TPSA) is 72.7 Å². The fourth-order valence-corrected chi connectivity index (χ4v) is 3.60. The number of amides is 1. The number of thioether (sulfide) groups is 1. The molecule has 6 nitrogen and oxygen atoms in total. The van der Waals surface area contributed by atoms with Crippen LogP contribution >= 0.6 is 11.8 Å². The van der Waals surface area contributed by atoms with E-state index in [1.807, 2.05) is 54.0 Å². The van der Waals surface area contributed by atoms with Crippen LogP contribution in [0.3, 0.4) is 0 Å². The number of carbonyl (C=O) groups is 1. The molecule has 0 atom stereocenters. The number of pyridine rings is 1. The van der Waals surface area contributed by atoms with Crippen molar-refractivity contribution in [3.05, 3.63) is 84.1 Å². The molecule has 2 aromatic carbocycles. The van der Waals surface area contributed by atoms with Crippen molar-refractivity contribution >= 4 is 23.4 Å². The van der Waals surface area contributed by atoms with Crippen LogP contribution in [0.2, 0.25) is 0 Å². The highest BCUT2D eigenvalue weighted by Crippen LogP contribution is 2.27. The molecule has 0 aliphatic heterocycles. The average molecular weight is 437 g/mol. The molecule has 4 aromatic rings. The first-order valence-electron chi connectivity index (χ1n) is 9.33. The molecule has 4 rings (SSSR count). The highest BCUT2D eigenvalue weighted by molar-refractivity contribution is 7.99. The van der Waals surface area contributed by atoms with Gasteiger partial charge in [0.25, 0.3) is 0 Å². The summed E-state index contributed by atoms with van der Waals surface area (Å²) in [5, 5.41) is 11.6. The predicted molar refractivity (Wildman–Crippen MR) is 115 cm³/mol. The summed E-state index contributed by atoms with van der Waals surface area (Å²) in [4.78, 5) is 16.7. The van der Waals surface area contributed by atoms with Crippen molar-refractivity contribution in [3.8, 4) is 17.2 Å². The van der Waals surface area contributed by atoms with E-state index in [4.69, 9.17) is 0 Å². The first-order valence-corrected chi connectivity index (χ1v) is 10.3. The van der Waals surface area contributed by atoms with Crippen molar-refractivity contribution in [2.75, 3.05) is 11.1 Å². The van der Waals surface area contributed by atoms with Gasteiger partial charge in [0.1, 0.15) is 5.69 Å². The Balaban J connectivity index is 1.57. The third-order valence-electron chi connectivity index (χ3n) is 4.36. The van der Waals surface area contributed by atoms with Crippen molar-refractivity contribution in [3.63, 3.8) is 0 Å². The van der Waals surface area contributed by atoms with Crippen molar-refractivity contribution in [2.45, 2.75) is 12.1 Å². The number of nitrogens with zero attached hydrogens (tertiary/aromatic N) is 4. The predicted octanol–water partition coefficient (Wildman–Crippen LogP) is 4.65. The van der Waals surface area contributed by atoms with Gasteiger partial charge in [-0.3, -0.25) is 14.3 Å². The summed E-state index contributed by atoms with van der Waals surface area (Å²) in [6.07, 6.45) is 1.67. The molecule has 0 saturated heterocycles. The number of benzene rings is 2. The third-order valence-corrected chi connectivity index (χ3v) is 5.28. The summed E-state index contributed by atoms with van der Waals surface area (Å²) in [5.74, 6) is -1.82. The molecule has 0 unspecified atom stereocenters. The van der Waals surface area contributed by atoms with Gasteiger partial charge in [-0.25, -0.2) is 8.78 Å². The van der Waals surface area contributed by atoms with Gasteiger partial charge in [-0.15, -0.1) is 10.2 Å². The summed E-state index contributed by atoms with van der Waals surface area (Å²) in [6.45, 7) is 1.99. The summed E-state index contributed by atoms with van der Waals surface area (Å²) in [7, 11) is 0. The normalized spacial score (nSPS) is 10.8. The quantitative estimate of drug-likeness (QED) is 0.445. The van der Waals surface area contributed by atoms with Gasteiger partial charge < -0.3 is 5.32 Å². The zero-order valence-corrected chi connectivity index (χ0v) is 17.2. The van der Waals surface area contributed by atoms with Crippen molar-refractivity contribution < 1.29 is 13.6 Å². The molecule has 0 radical (unpaired) electrons. The highest BCUT2D eigenvalue weighted by Gasteiger charge is 2.18. The fourth-order valence-electron chi connectivity index (χ4n) is 2.85. The Kier molecular flexibility index (Phi) is 6.03. The average Bonchev–Trinajstić information content (AvgIpc) is 3.20. The molecule has 2 heterocycles. The zero-order valence-electron chi connectivity index (χ0n) is 16.4. The maximum absolute atomic E-state index is 13.4. The maximum atomic E-state index is 13.4. The Morgan fingerprint density at radius 1 is 1.03 bits per heavy atom. The molecule has 0 fully saturated rings. The van der Waals surface area contributed by atoms with E-state index in [0.29, 0.717) is 16.7 Å². The number of nitrogens with one attached hydrogen (secondary N) is 1. The molecular formula is C22H17F2N5OS. The van der Waals surface area contributed by atoms with Crippen LogP contribution in [0.15, 0.2) is 72.0 Å². The van der Waals surface area contributed by atoms with E-state index in [2.05, 4.69) is 20.5 Å². The molecule has 9 heteroatoms. The van der Waals surface area contributed by atoms with Gasteiger partial charge in [-0.2, -0.15) is 0 Å². The van der Waals surface area contributed by atoms with Crippen molar-refractivity contribution in [2.24, 2.45) is 0 Å². The van der Waals surface area contributed by atoms with Crippen molar-refractivity contribution in [1.29, 1.82) is 0 Å². The lowest BCUT2D eigenvalue weighted by molar-refractivity contribution is -0.113. The summed E-state index contributed by atoms with van der Waals surface area (Å²) >= 11 is 1.18. The lowest BCUT2D eigenvalue weighted by Gasteiger charge is -2.10. The lowest BCUT2D eigenvalue weighted by atomic mass is 10.2. The fraction of sp³-hybridized carbons (Fsp3) is 0.0909. The monoisotopic (exact) mass is 437 g/mol. The largest absolute Gasteiger partial charge is 0.325 e. The van der Waals surface area contributed by atoms with E-state index >= 15 is 0 Å². The van der Waals surface area contributed by atoms with Gasteiger partial charge in [0.15, 0.2) is 22.6 Å². The van der Waals surface area contributed by atoms with Gasteiger partial charge in [-0.1, -0.05) is 35.5 Å². The maximum Gasteiger partial charge on any atom is 0.234 e. The van der Waals surface area contributed by atoms with Gasteiger partial charge in [-0.05, 0) is 43.3 Å². The van der Waals surface area contributed by atoms with Crippen LogP contribution in [0.4, 0.5) is 14.5 Å².